The monoisotopic (exact) mass is 747 g/mol. The molecule has 2 aliphatic heterocycles. The van der Waals surface area contributed by atoms with Crippen LogP contribution in [0.25, 0.3) is 0 Å². The van der Waals surface area contributed by atoms with Gasteiger partial charge in [-0.15, -0.1) is 0 Å². The Morgan fingerprint density at radius 1 is 0.904 bits per heavy atom. The Labute approximate surface area is 294 Å². The molecule has 0 saturated carbocycles. The predicted octanol–water partition coefficient (Wildman–Crippen LogP) is 8.45. The number of hydrogen-bond donors (Lipinski definition) is 1. The molecular weight excluding hydrogens is 709 g/mol. The van der Waals surface area contributed by atoms with Gasteiger partial charge >= 0.3 is 24.5 Å². The van der Waals surface area contributed by atoms with Crippen molar-refractivity contribution >= 4 is 23.3 Å². The van der Waals surface area contributed by atoms with Gasteiger partial charge in [-0.05, 0) is 73.2 Å². The molecule has 2 aromatic carbocycles. The third-order valence-corrected chi connectivity index (χ3v) is 9.24. The zero-order valence-corrected chi connectivity index (χ0v) is 28.4. The first kappa shape index (κ1) is 38.9. The summed E-state index contributed by atoms with van der Waals surface area (Å²) >= 11 is 0. The lowest BCUT2D eigenvalue weighted by molar-refractivity contribution is -0.143. The molecule has 2 unspecified atom stereocenters. The Bertz CT molecular complexity index is 1680. The quantitative estimate of drug-likeness (QED) is 0.119. The second-order valence-electron chi connectivity index (χ2n) is 12.7. The summed E-state index contributed by atoms with van der Waals surface area (Å²) in [5, 5.41) is 3.14. The zero-order valence-electron chi connectivity index (χ0n) is 28.4. The minimum atomic E-state index is -5.05. The second-order valence-corrected chi connectivity index (χ2v) is 12.7. The van der Waals surface area contributed by atoms with Crippen molar-refractivity contribution in [2.75, 3.05) is 55.1 Å². The van der Waals surface area contributed by atoms with E-state index < -0.39 is 47.7 Å². The molecule has 3 heterocycles. The van der Waals surface area contributed by atoms with Gasteiger partial charge in [0.05, 0.1) is 60.6 Å². The average Bonchev–Trinajstić information content (AvgIpc) is 3.09. The molecule has 2 aliphatic rings. The Hall–Kier alpha value is -4.28. The van der Waals surface area contributed by atoms with Crippen LogP contribution in [0.5, 0.6) is 0 Å². The van der Waals surface area contributed by atoms with E-state index in [0.717, 1.165) is 12.1 Å². The summed E-state index contributed by atoms with van der Waals surface area (Å²) in [6, 6.07) is 3.95. The van der Waals surface area contributed by atoms with Gasteiger partial charge in [0.2, 0.25) is 5.95 Å². The summed E-state index contributed by atoms with van der Waals surface area (Å²) in [6.07, 6.45) is -11.5. The lowest BCUT2D eigenvalue weighted by Gasteiger charge is -2.43. The molecule has 284 valence electrons. The number of ether oxygens (including phenoxy) is 2. The second kappa shape index (κ2) is 15.8. The number of nitrogens with zero attached hydrogens (tertiary/aromatic N) is 4. The Morgan fingerprint density at radius 2 is 1.56 bits per heavy atom. The van der Waals surface area contributed by atoms with E-state index in [9.17, 15) is 44.3 Å². The van der Waals surface area contributed by atoms with E-state index in [-0.39, 0.29) is 41.7 Å². The lowest BCUT2D eigenvalue weighted by Crippen LogP contribution is -2.42. The smallest absolute Gasteiger partial charge is 0.416 e. The van der Waals surface area contributed by atoms with E-state index >= 15 is 0 Å². The Balaban J connectivity index is 1.52. The first-order valence-electron chi connectivity index (χ1n) is 16.8. The van der Waals surface area contributed by atoms with Gasteiger partial charge in [-0.2, -0.15) is 39.5 Å². The van der Waals surface area contributed by atoms with Crippen LogP contribution in [-0.4, -0.2) is 61.9 Å². The van der Waals surface area contributed by atoms with Crippen molar-refractivity contribution in [3.8, 4) is 0 Å². The number of carbonyl (C=O) groups excluding carboxylic acids is 1. The van der Waals surface area contributed by atoms with Crippen molar-refractivity contribution in [2.45, 2.75) is 76.1 Å². The zero-order chi connectivity index (χ0) is 37.8. The molecule has 0 amide bonds. The number of benzene rings is 2. The molecule has 17 heteroatoms. The van der Waals surface area contributed by atoms with E-state index in [4.69, 9.17) is 9.47 Å². The highest BCUT2D eigenvalue weighted by molar-refractivity contribution is 5.69. The van der Waals surface area contributed by atoms with Gasteiger partial charge in [0.1, 0.15) is 0 Å². The molecule has 1 saturated heterocycles. The summed E-state index contributed by atoms with van der Waals surface area (Å²) in [6.45, 7) is 3.77. The summed E-state index contributed by atoms with van der Waals surface area (Å²) in [5.74, 6) is -0.414. The summed E-state index contributed by atoms with van der Waals surface area (Å²) in [7, 11) is 1.29. The SMILES string of the molecule is CCC1CC(Nc2ncc(N3CCOCC3)c(Cc3cc(C(F)(F)F)cc(C(F)(F)F)c3)n2)c2cc(C(F)(F)F)ccc2N1CCCCC(=O)OC. The van der Waals surface area contributed by atoms with Crippen LogP contribution in [0.4, 0.5) is 56.8 Å². The molecule has 8 nitrogen and oxygen atoms in total. The first-order valence-corrected chi connectivity index (χ1v) is 16.8. The highest BCUT2D eigenvalue weighted by Crippen LogP contribution is 2.43. The molecule has 1 N–H and O–H groups in total. The van der Waals surface area contributed by atoms with E-state index in [2.05, 4.69) is 15.3 Å². The number of rotatable bonds is 11. The molecule has 1 aromatic heterocycles. The third-order valence-electron chi connectivity index (χ3n) is 9.24. The molecule has 0 radical (unpaired) electrons. The largest absolute Gasteiger partial charge is 0.469 e. The maximum absolute atomic E-state index is 13.9. The van der Waals surface area contributed by atoms with E-state index in [0.29, 0.717) is 87.6 Å². The van der Waals surface area contributed by atoms with Gasteiger partial charge in [0, 0.05) is 44.2 Å². The van der Waals surface area contributed by atoms with Gasteiger partial charge in [-0.25, -0.2) is 9.97 Å². The number of morpholine rings is 1. The van der Waals surface area contributed by atoms with Crippen molar-refractivity contribution in [1.29, 1.82) is 0 Å². The minimum Gasteiger partial charge on any atom is -0.469 e. The maximum Gasteiger partial charge on any atom is 0.416 e. The number of alkyl halides is 9. The number of unbranched alkanes of at least 4 members (excludes halogenated alkanes) is 1. The molecule has 1 fully saturated rings. The molecular formula is C35H38F9N5O3. The third kappa shape index (κ3) is 9.38. The molecule has 0 bridgehead atoms. The van der Waals surface area contributed by atoms with Crippen molar-refractivity contribution in [2.24, 2.45) is 0 Å². The maximum atomic E-state index is 13.9. The summed E-state index contributed by atoms with van der Waals surface area (Å²) in [4.78, 5) is 24.4. The number of anilines is 3. The standard InChI is InChI=1S/C35H38F9N5O3/c1-3-25-19-27(26-18-22(33(36,37)38)7-8-29(26)49(25)9-5-4-6-31(50)51-2)46-32-45-20-30(48-10-12-52-13-11-48)28(47-32)16-21-14-23(34(39,40)41)17-24(15-21)35(42,43)44/h7-8,14-15,17-18,20,25,27H,3-6,9-13,16,19H2,1-2H3,(H,45,46,47). The van der Waals surface area contributed by atoms with Crippen LogP contribution in [0, 0.1) is 0 Å². The minimum absolute atomic E-state index is 0.0511. The van der Waals surface area contributed by atoms with Gasteiger partial charge in [0.25, 0.3) is 0 Å². The van der Waals surface area contributed by atoms with Crippen LogP contribution in [0.2, 0.25) is 0 Å². The van der Waals surface area contributed by atoms with Crippen LogP contribution >= 0.6 is 0 Å². The number of halogens is 9. The van der Waals surface area contributed by atoms with Crippen LogP contribution in [-0.2, 0) is 39.2 Å². The highest BCUT2D eigenvalue weighted by atomic mass is 19.4. The molecule has 5 rings (SSSR count). The summed E-state index contributed by atoms with van der Waals surface area (Å²) in [5.41, 5.74) is -2.69. The van der Waals surface area contributed by atoms with Crippen molar-refractivity contribution in [3.05, 3.63) is 76.1 Å². The number of aromatic nitrogens is 2. The van der Waals surface area contributed by atoms with Crippen LogP contribution in [0.15, 0.2) is 42.6 Å². The van der Waals surface area contributed by atoms with Crippen molar-refractivity contribution < 1.29 is 53.8 Å². The normalized spacial score (nSPS) is 18.3. The fourth-order valence-electron chi connectivity index (χ4n) is 6.62. The van der Waals surface area contributed by atoms with Gasteiger partial charge in [0.15, 0.2) is 0 Å². The lowest BCUT2D eigenvalue weighted by atomic mass is 9.88. The number of nitrogens with one attached hydrogen (secondary N) is 1. The fraction of sp³-hybridized carbons (Fsp3) is 0.514. The van der Waals surface area contributed by atoms with Crippen molar-refractivity contribution in [3.63, 3.8) is 0 Å². The van der Waals surface area contributed by atoms with Crippen LogP contribution in [0.1, 0.15) is 78.6 Å². The number of fused-ring (bicyclic) bond motifs is 1. The van der Waals surface area contributed by atoms with E-state index in [1.807, 2.05) is 16.7 Å². The topological polar surface area (TPSA) is 79.8 Å². The Kier molecular flexibility index (Phi) is 11.8. The van der Waals surface area contributed by atoms with Crippen molar-refractivity contribution in [1.82, 2.24) is 9.97 Å². The Morgan fingerprint density at radius 3 is 2.15 bits per heavy atom. The fourth-order valence-corrected chi connectivity index (χ4v) is 6.62. The van der Waals surface area contributed by atoms with E-state index in [1.165, 1.54) is 19.4 Å². The molecule has 3 aromatic rings. The highest BCUT2D eigenvalue weighted by Gasteiger charge is 2.38. The number of esters is 1. The number of methoxy groups -OCH3 is 1. The van der Waals surface area contributed by atoms with Gasteiger partial charge in [-0.3, -0.25) is 4.79 Å². The molecule has 2 atom stereocenters. The van der Waals surface area contributed by atoms with E-state index in [1.54, 1.807) is 0 Å². The summed E-state index contributed by atoms with van der Waals surface area (Å²) < 4.78 is 134. The molecule has 52 heavy (non-hydrogen) atoms. The van der Waals surface area contributed by atoms with Crippen LogP contribution in [0.3, 0.4) is 0 Å². The van der Waals surface area contributed by atoms with Crippen LogP contribution < -0.4 is 15.1 Å². The first-order chi connectivity index (χ1) is 24.5. The number of carbonyl (C=O) groups is 1. The molecule has 0 aliphatic carbocycles. The molecule has 0 spiro atoms. The van der Waals surface area contributed by atoms with Gasteiger partial charge < -0.3 is 24.6 Å². The average molecular weight is 748 g/mol. The predicted molar refractivity (Wildman–Crippen MR) is 174 cm³/mol. The van der Waals surface area contributed by atoms with Gasteiger partial charge in [-0.1, -0.05) is 6.92 Å². The number of hydrogen-bond acceptors (Lipinski definition) is 8.